The zero-order chi connectivity index (χ0) is 36.2. The highest BCUT2D eigenvalue weighted by molar-refractivity contribution is 6.74. The molecule has 1 saturated heterocycles. The van der Waals surface area contributed by atoms with Crippen LogP contribution in [0.5, 0.6) is 23.0 Å². The van der Waals surface area contributed by atoms with E-state index in [9.17, 15) is 18.7 Å². The summed E-state index contributed by atoms with van der Waals surface area (Å²) in [5.74, 6) is -1.28. The first-order valence-corrected chi connectivity index (χ1v) is 19.4. The monoisotopic (exact) mass is 718 g/mol. The number of hydrogen-bond donors (Lipinski definition) is 1. The maximum atomic E-state index is 15.5. The van der Waals surface area contributed by atoms with E-state index in [4.69, 9.17) is 13.9 Å². The van der Waals surface area contributed by atoms with E-state index in [2.05, 4.69) is 30.2 Å². The number of carbonyl (C=O) groups excluding carboxylic acids is 1. The Hall–Kier alpha value is -4.01. The van der Waals surface area contributed by atoms with Crippen LogP contribution in [0.4, 0.5) is 28.9 Å². The number of fused-ring (bicyclic) bond motifs is 2. The van der Waals surface area contributed by atoms with Gasteiger partial charge in [-0.3, -0.25) is 4.79 Å². The first kappa shape index (κ1) is 35.8. The van der Waals surface area contributed by atoms with Gasteiger partial charge in [0.1, 0.15) is 35.3 Å². The van der Waals surface area contributed by atoms with Crippen LogP contribution in [0.15, 0.2) is 48.5 Å². The fourth-order valence-electron chi connectivity index (χ4n) is 6.25. The van der Waals surface area contributed by atoms with E-state index >= 15 is 8.78 Å². The Morgan fingerprint density at radius 1 is 1.00 bits per heavy atom. The van der Waals surface area contributed by atoms with Gasteiger partial charge < -0.3 is 38.3 Å². The predicted octanol–water partition coefficient (Wildman–Crippen LogP) is 7.18. The van der Waals surface area contributed by atoms with Gasteiger partial charge in [0.15, 0.2) is 19.8 Å². The van der Waals surface area contributed by atoms with Gasteiger partial charge in [0, 0.05) is 37.2 Å². The Morgan fingerprint density at radius 2 is 1.68 bits per heavy atom. The zero-order valence-electron chi connectivity index (χ0n) is 28.9. The van der Waals surface area contributed by atoms with Crippen LogP contribution >= 0.6 is 0 Å². The van der Waals surface area contributed by atoms with Crippen molar-refractivity contribution in [2.45, 2.75) is 82.7 Å². The van der Waals surface area contributed by atoms with Gasteiger partial charge in [-0.1, -0.05) is 32.9 Å². The molecule has 3 aliphatic rings. The van der Waals surface area contributed by atoms with Crippen molar-refractivity contribution in [1.29, 1.82) is 0 Å². The number of carbonyl (C=O) groups is 1. The fraction of sp³-hybridized carbons (Fsp3) is 0.472. The summed E-state index contributed by atoms with van der Waals surface area (Å²) in [5, 5.41) is 12.0. The molecule has 3 heterocycles. The number of nitrogens with zero attached hydrogens (tertiary/aromatic N) is 2. The topological polar surface area (TPSA) is 89.9 Å². The van der Waals surface area contributed by atoms with Gasteiger partial charge in [-0.2, -0.15) is 0 Å². The van der Waals surface area contributed by atoms with Gasteiger partial charge in [0.2, 0.25) is 5.91 Å². The molecule has 3 aromatic rings. The maximum Gasteiger partial charge on any atom is 0.586 e. The van der Waals surface area contributed by atoms with Crippen LogP contribution in [0.25, 0.3) is 0 Å². The predicted molar refractivity (Wildman–Crippen MR) is 181 cm³/mol. The summed E-state index contributed by atoms with van der Waals surface area (Å²) in [6.45, 7) is 10.3. The van der Waals surface area contributed by atoms with Gasteiger partial charge >= 0.3 is 6.29 Å². The number of amides is 1. The van der Waals surface area contributed by atoms with E-state index in [-0.39, 0.29) is 73.6 Å². The number of hydrogen-bond acceptors (Lipinski definition) is 8. The summed E-state index contributed by atoms with van der Waals surface area (Å²) in [6, 6.07) is 11.9. The number of ether oxygens (including phenoxy) is 4. The minimum atomic E-state index is -3.90. The third-order valence-corrected chi connectivity index (χ3v) is 14.7. The van der Waals surface area contributed by atoms with Crippen molar-refractivity contribution in [3.05, 3.63) is 71.3 Å². The van der Waals surface area contributed by atoms with Crippen LogP contribution in [0.1, 0.15) is 44.7 Å². The molecule has 0 radical (unpaired) electrons. The average Bonchev–Trinajstić information content (AvgIpc) is 3.35. The van der Waals surface area contributed by atoms with Crippen LogP contribution in [-0.2, 0) is 22.2 Å². The molecule has 0 unspecified atom stereocenters. The second kappa shape index (κ2) is 12.9. The molecule has 14 heteroatoms. The lowest BCUT2D eigenvalue weighted by Crippen LogP contribution is -2.63. The Morgan fingerprint density at radius 3 is 2.34 bits per heavy atom. The summed E-state index contributed by atoms with van der Waals surface area (Å²) >= 11 is 0. The van der Waals surface area contributed by atoms with Crippen molar-refractivity contribution >= 4 is 25.6 Å². The summed E-state index contributed by atoms with van der Waals surface area (Å²) in [5.41, 5.74) is -0.127. The summed E-state index contributed by atoms with van der Waals surface area (Å²) in [6.07, 6.45) is -4.32. The molecule has 1 N–H and O–H groups in total. The first-order chi connectivity index (χ1) is 23.4. The Bertz CT molecular complexity index is 1770. The standard InChI is InChI=1S/C36H42F4N2O7Si/c1-34(2,3)50(5,6)49-31-20-41(27-18-30-29(17-26(27)38)47-36(39,40)48-30)16-15-35(31,44)21-46-28-13-12-25(37)33-24(28)11-14-32(43)42(33)19-22-7-9-23(45-4)10-8-22/h7-10,12-13,17-18,31,44H,11,14-16,19-21H2,1-6H3/t31-,35-/m1/s1. The normalized spacial score (nSPS) is 21.7. The van der Waals surface area contributed by atoms with Crippen molar-refractivity contribution < 1.29 is 50.8 Å². The fourth-order valence-corrected chi connectivity index (χ4v) is 7.61. The molecular formula is C36H42F4N2O7Si. The molecule has 0 spiro atoms. The van der Waals surface area contributed by atoms with E-state index in [1.54, 1.807) is 24.1 Å². The van der Waals surface area contributed by atoms with Gasteiger partial charge in [-0.05, 0) is 60.8 Å². The minimum absolute atomic E-state index is 0.00562. The van der Waals surface area contributed by atoms with Crippen molar-refractivity contribution in [1.82, 2.24) is 0 Å². The molecular weight excluding hydrogens is 676 g/mol. The minimum Gasteiger partial charge on any atom is -0.497 e. The highest BCUT2D eigenvalue weighted by Crippen LogP contribution is 2.46. The Kier molecular flexibility index (Phi) is 9.27. The zero-order valence-corrected chi connectivity index (χ0v) is 29.9. The van der Waals surface area contributed by atoms with Crippen LogP contribution in [0, 0.1) is 11.6 Å². The van der Waals surface area contributed by atoms with Crippen molar-refractivity contribution in [2.24, 2.45) is 0 Å². The molecule has 50 heavy (non-hydrogen) atoms. The van der Waals surface area contributed by atoms with Gasteiger partial charge in [-0.25, -0.2) is 8.78 Å². The van der Waals surface area contributed by atoms with E-state index in [1.165, 1.54) is 23.1 Å². The molecule has 0 bridgehead atoms. The molecule has 0 saturated carbocycles. The highest BCUT2D eigenvalue weighted by Gasteiger charge is 2.50. The Balaban J connectivity index is 1.27. The first-order valence-electron chi connectivity index (χ1n) is 16.5. The largest absolute Gasteiger partial charge is 0.586 e. The van der Waals surface area contributed by atoms with Gasteiger partial charge in [-0.15, -0.1) is 8.78 Å². The highest BCUT2D eigenvalue weighted by atomic mass is 28.4. The molecule has 0 aliphatic carbocycles. The summed E-state index contributed by atoms with van der Waals surface area (Å²) < 4.78 is 85.5. The molecule has 6 rings (SSSR count). The van der Waals surface area contributed by atoms with Crippen molar-refractivity contribution in [3.63, 3.8) is 0 Å². The van der Waals surface area contributed by atoms with Crippen LogP contribution in [0.3, 0.4) is 0 Å². The number of alkyl halides is 2. The second-order valence-corrected chi connectivity index (χ2v) is 19.3. The number of halogens is 4. The number of aliphatic hydroxyl groups is 1. The van der Waals surface area contributed by atoms with Crippen LogP contribution in [0.2, 0.25) is 18.1 Å². The second-order valence-electron chi connectivity index (χ2n) is 14.6. The molecule has 3 aromatic carbocycles. The number of piperidine rings is 1. The molecule has 0 aromatic heterocycles. The third kappa shape index (κ3) is 6.97. The van der Waals surface area contributed by atoms with Gasteiger partial charge in [0.25, 0.3) is 0 Å². The third-order valence-electron chi connectivity index (χ3n) is 10.2. The molecule has 1 fully saturated rings. The average molecular weight is 719 g/mol. The molecule has 9 nitrogen and oxygen atoms in total. The molecule has 2 atom stereocenters. The molecule has 3 aliphatic heterocycles. The number of methoxy groups -OCH3 is 1. The van der Waals surface area contributed by atoms with E-state index < -0.39 is 43.7 Å². The SMILES string of the molecule is COc1ccc(CN2C(=O)CCc3c(OC[C@]4(O)CCN(c5cc6c(cc5F)OC(F)(F)O6)C[C@H]4O[Si](C)(C)C(C)(C)C)ccc(F)c32)cc1. The van der Waals surface area contributed by atoms with Crippen molar-refractivity contribution in [3.8, 4) is 23.0 Å². The van der Waals surface area contributed by atoms with Crippen molar-refractivity contribution in [2.75, 3.05) is 36.6 Å². The Labute approximate surface area is 289 Å². The van der Waals surface area contributed by atoms with E-state index in [1.807, 2.05) is 25.2 Å². The smallest absolute Gasteiger partial charge is 0.497 e. The molecule has 1 amide bonds. The number of rotatable bonds is 9. The maximum absolute atomic E-state index is 15.5. The quantitative estimate of drug-likeness (QED) is 0.184. The van der Waals surface area contributed by atoms with Gasteiger partial charge in [0.05, 0.1) is 31.1 Å². The lowest BCUT2D eigenvalue weighted by molar-refractivity contribution is -0.286. The lowest BCUT2D eigenvalue weighted by atomic mass is 9.89. The number of benzene rings is 3. The number of anilines is 2. The summed E-state index contributed by atoms with van der Waals surface area (Å²) in [4.78, 5) is 16.1. The molecule has 270 valence electrons. The van der Waals surface area contributed by atoms with E-state index in [0.29, 0.717) is 17.1 Å². The lowest BCUT2D eigenvalue weighted by Gasteiger charge is -2.49. The van der Waals surface area contributed by atoms with Crippen LogP contribution in [-0.4, -0.2) is 64.1 Å². The van der Waals surface area contributed by atoms with E-state index in [0.717, 1.165) is 11.6 Å². The summed E-state index contributed by atoms with van der Waals surface area (Å²) in [7, 11) is -0.984. The van der Waals surface area contributed by atoms with Crippen LogP contribution < -0.4 is 28.7 Å².